The van der Waals surface area contributed by atoms with Gasteiger partial charge in [-0.3, -0.25) is 14.3 Å². The molecule has 0 aliphatic heterocycles. The van der Waals surface area contributed by atoms with Crippen molar-refractivity contribution in [2.45, 2.75) is 50.7 Å². The van der Waals surface area contributed by atoms with Gasteiger partial charge in [0.15, 0.2) is 0 Å². The van der Waals surface area contributed by atoms with E-state index in [1.165, 1.54) is 6.20 Å². The molecule has 1 saturated carbocycles. The van der Waals surface area contributed by atoms with Gasteiger partial charge in [-0.2, -0.15) is 15.3 Å². The number of nitriles is 1. The summed E-state index contributed by atoms with van der Waals surface area (Å²) in [6.07, 6.45) is 4.67. The zero-order valence-corrected chi connectivity index (χ0v) is 25.0. The normalized spacial score (nSPS) is 16.3. The maximum atomic E-state index is 13.6. The number of benzene rings is 1. The summed E-state index contributed by atoms with van der Waals surface area (Å²) < 4.78 is 42.4. The summed E-state index contributed by atoms with van der Waals surface area (Å²) in [6, 6.07) is 15.0. The van der Waals surface area contributed by atoms with Crippen molar-refractivity contribution in [3.05, 3.63) is 78.4 Å². The number of nitrogens with one attached hydrogen (secondary N) is 3. The minimum atomic E-state index is -4.74. The van der Waals surface area contributed by atoms with Crippen molar-refractivity contribution in [1.29, 1.82) is 5.26 Å². The molecular weight excluding hydrogens is 601 g/mol. The predicted octanol–water partition coefficient (Wildman–Crippen LogP) is 5.23. The van der Waals surface area contributed by atoms with Crippen molar-refractivity contribution in [3.63, 3.8) is 0 Å². The molecule has 1 aliphatic carbocycles. The highest BCUT2D eigenvalue weighted by atomic mass is 19.4. The number of hydrogen-bond donors (Lipinski definition) is 3. The summed E-state index contributed by atoms with van der Waals surface area (Å²) in [5.74, 6) is 0.892. The third kappa shape index (κ3) is 8.69. The zero-order chi connectivity index (χ0) is 32.5. The molecule has 0 bridgehead atoms. The molecule has 46 heavy (non-hydrogen) atoms. The Labute approximate surface area is 263 Å². The number of nitrogens with zero attached hydrogens (tertiary/aromatic N) is 7. The topological polar surface area (TPSA) is 146 Å². The standard InChI is InChI=1S/C31H33F3N10O2/c1-43-20-24(19-40-43)22-7-12-27(37-17-22)44(30(45)39-16-21-5-3-2-4-6-21)26-10-8-25(9-11-26)41-29-38-18-23(15-35)28(42-29)36-13-14-46-31(32,33)34/h2-7,12,17-20,25-26H,8-11,13-14,16H2,1H3,(H,39,45)(H2,36,38,41,42)/t25-,26-. The van der Waals surface area contributed by atoms with Crippen molar-refractivity contribution in [2.75, 3.05) is 28.7 Å². The maximum absolute atomic E-state index is 13.6. The Morgan fingerprint density at radius 3 is 2.50 bits per heavy atom. The molecule has 3 N–H and O–H groups in total. The minimum Gasteiger partial charge on any atom is -0.366 e. The Morgan fingerprint density at radius 1 is 1.07 bits per heavy atom. The lowest BCUT2D eigenvalue weighted by molar-refractivity contribution is -0.322. The SMILES string of the molecule is Cn1cc(-c2ccc(N(C(=O)NCc3ccccc3)[C@H]3CC[C@H](Nc4ncc(C#N)c(NCCOC(F)(F)F)n4)CC3)nc2)cn1. The van der Waals surface area contributed by atoms with Crippen LogP contribution >= 0.6 is 0 Å². The molecule has 15 heteroatoms. The fourth-order valence-corrected chi connectivity index (χ4v) is 5.25. The number of urea groups is 1. The monoisotopic (exact) mass is 634 g/mol. The number of ether oxygens (including phenoxy) is 1. The number of pyridine rings is 1. The smallest absolute Gasteiger partial charge is 0.366 e. The van der Waals surface area contributed by atoms with Crippen LogP contribution < -0.4 is 20.9 Å². The summed E-state index contributed by atoms with van der Waals surface area (Å²) in [7, 11) is 1.84. The van der Waals surface area contributed by atoms with E-state index in [0.717, 1.165) is 16.7 Å². The molecular formula is C31H33F3N10O2. The van der Waals surface area contributed by atoms with E-state index in [0.29, 0.717) is 38.0 Å². The van der Waals surface area contributed by atoms with E-state index < -0.39 is 13.0 Å². The Morgan fingerprint density at radius 2 is 1.85 bits per heavy atom. The number of amides is 2. The van der Waals surface area contributed by atoms with Crippen LogP contribution in [-0.2, 0) is 18.3 Å². The summed E-state index contributed by atoms with van der Waals surface area (Å²) >= 11 is 0. The molecule has 1 aromatic carbocycles. The van der Waals surface area contributed by atoms with Crippen molar-refractivity contribution in [1.82, 2.24) is 30.0 Å². The highest BCUT2D eigenvalue weighted by Gasteiger charge is 2.31. The Hall–Kier alpha value is -5.23. The second kappa shape index (κ2) is 14.7. The van der Waals surface area contributed by atoms with Crippen LogP contribution in [0.1, 0.15) is 36.8 Å². The van der Waals surface area contributed by atoms with E-state index in [9.17, 15) is 23.2 Å². The third-order valence-corrected chi connectivity index (χ3v) is 7.50. The van der Waals surface area contributed by atoms with E-state index in [1.54, 1.807) is 22.0 Å². The minimum absolute atomic E-state index is 0.0271. The lowest BCUT2D eigenvalue weighted by atomic mass is 9.90. The number of aryl methyl sites for hydroxylation is 1. The van der Waals surface area contributed by atoms with Gasteiger partial charge in [0.1, 0.15) is 23.3 Å². The van der Waals surface area contributed by atoms with Crippen molar-refractivity contribution < 1.29 is 22.7 Å². The van der Waals surface area contributed by atoms with E-state index in [2.05, 4.69) is 40.7 Å². The number of carbonyl (C=O) groups excluding carboxylic acids is 1. The Bertz CT molecular complexity index is 1630. The van der Waals surface area contributed by atoms with E-state index in [-0.39, 0.29) is 42.0 Å². The number of anilines is 3. The first-order chi connectivity index (χ1) is 22.2. The van der Waals surface area contributed by atoms with Gasteiger partial charge in [0.05, 0.1) is 19.0 Å². The number of rotatable bonds is 11. The van der Waals surface area contributed by atoms with E-state index in [4.69, 9.17) is 0 Å². The van der Waals surface area contributed by atoms with Crippen molar-refractivity contribution >= 4 is 23.6 Å². The molecule has 0 saturated heterocycles. The van der Waals surface area contributed by atoms with Crippen LogP contribution in [0.25, 0.3) is 11.1 Å². The molecule has 4 aromatic rings. The second-order valence-electron chi connectivity index (χ2n) is 10.8. The number of hydrogen-bond acceptors (Lipinski definition) is 9. The third-order valence-electron chi connectivity index (χ3n) is 7.50. The largest absolute Gasteiger partial charge is 0.522 e. The first-order valence-electron chi connectivity index (χ1n) is 14.7. The molecule has 2 amide bonds. The average Bonchev–Trinajstić information content (AvgIpc) is 3.49. The summed E-state index contributed by atoms with van der Waals surface area (Å²) in [4.78, 5) is 28.5. The lowest BCUT2D eigenvalue weighted by Gasteiger charge is -2.36. The molecule has 0 spiro atoms. The van der Waals surface area contributed by atoms with Gasteiger partial charge in [0, 0.05) is 55.7 Å². The van der Waals surface area contributed by atoms with Gasteiger partial charge in [-0.25, -0.2) is 14.8 Å². The maximum Gasteiger partial charge on any atom is 0.522 e. The molecule has 0 radical (unpaired) electrons. The van der Waals surface area contributed by atoms with Crippen LogP contribution in [-0.4, -0.2) is 62.4 Å². The summed E-state index contributed by atoms with van der Waals surface area (Å²) in [5.41, 5.74) is 2.89. The van der Waals surface area contributed by atoms with Crippen LogP contribution in [0.3, 0.4) is 0 Å². The fraction of sp³-hybridized carbons (Fsp3) is 0.355. The molecule has 3 aromatic heterocycles. The highest BCUT2D eigenvalue weighted by Crippen LogP contribution is 2.30. The van der Waals surface area contributed by atoms with Gasteiger partial charge >= 0.3 is 12.4 Å². The van der Waals surface area contributed by atoms with Gasteiger partial charge in [0.25, 0.3) is 0 Å². The second-order valence-corrected chi connectivity index (χ2v) is 10.8. The highest BCUT2D eigenvalue weighted by molar-refractivity contribution is 5.91. The quantitative estimate of drug-likeness (QED) is 0.189. The van der Waals surface area contributed by atoms with Gasteiger partial charge in [-0.15, -0.1) is 13.2 Å². The van der Waals surface area contributed by atoms with Crippen LogP contribution in [0.4, 0.5) is 35.5 Å². The lowest BCUT2D eigenvalue weighted by Crippen LogP contribution is -2.49. The molecule has 1 aliphatic rings. The predicted molar refractivity (Wildman–Crippen MR) is 165 cm³/mol. The Kier molecular flexibility index (Phi) is 10.3. The summed E-state index contributed by atoms with van der Waals surface area (Å²) in [6.45, 7) is -0.466. The number of alkyl halides is 3. The van der Waals surface area contributed by atoms with Gasteiger partial charge in [-0.1, -0.05) is 30.3 Å². The van der Waals surface area contributed by atoms with Gasteiger partial charge in [-0.05, 0) is 43.4 Å². The molecule has 240 valence electrons. The number of halogens is 3. The molecule has 1 fully saturated rings. The van der Waals surface area contributed by atoms with E-state index >= 15 is 0 Å². The van der Waals surface area contributed by atoms with Gasteiger partial charge < -0.3 is 16.0 Å². The molecule has 3 heterocycles. The molecule has 12 nitrogen and oxygen atoms in total. The van der Waals surface area contributed by atoms with Crippen LogP contribution in [0.15, 0.2) is 67.3 Å². The van der Waals surface area contributed by atoms with Gasteiger partial charge in [0.2, 0.25) is 5.95 Å². The van der Waals surface area contributed by atoms with Crippen molar-refractivity contribution in [3.8, 4) is 17.2 Å². The first kappa shape index (κ1) is 32.2. The molecule has 0 atom stereocenters. The zero-order valence-electron chi connectivity index (χ0n) is 25.0. The molecule has 0 unspecified atom stereocenters. The average molecular weight is 635 g/mol. The van der Waals surface area contributed by atoms with Crippen LogP contribution in [0.5, 0.6) is 0 Å². The van der Waals surface area contributed by atoms with Crippen molar-refractivity contribution in [2.24, 2.45) is 7.05 Å². The fourth-order valence-electron chi connectivity index (χ4n) is 5.25. The number of carbonyl (C=O) groups is 1. The van der Waals surface area contributed by atoms with E-state index in [1.807, 2.05) is 61.8 Å². The van der Waals surface area contributed by atoms with Crippen LogP contribution in [0.2, 0.25) is 0 Å². The summed E-state index contributed by atoms with van der Waals surface area (Å²) in [5, 5.41) is 22.6. The number of aromatic nitrogens is 5. The first-order valence-corrected chi connectivity index (χ1v) is 14.7. The van der Waals surface area contributed by atoms with Crippen LogP contribution in [0, 0.1) is 11.3 Å². The Balaban J connectivity index is 1.24. The molecule has 5 rings (SSSR count).